The number of urea groups is 1. The highest BCUT2D eigenvalue weighted by Gasteiger charge is 2.26. The molecule has 0 bridgehead atoms. The first kappa shape index (κ1) is 28.4. The van der Waals surface area contributed by atoms with E-state index in [0.717, 1.165) is 22.5 Å². The number of hydrogen-bond donors (Lipinski definition) is 2. The highest BCUT2D eigenvalue weighted by molar-refractivity contribution is 6.06. The Balaban J connectivity index is 1.34. The predicted octanol–water partition coefficient (Wildman–Crippen LogP) is 5.87. The molecule has 5 rings (SSSR count). The Morgan fingerprint density at radius 3 is 2.10 bits per heavy atom. The molecule has 4 amide bonds. The number of aryl methyl sites for hydroxylation is 1. The molecule has 4 aromatic carbocycles. The number of anilines is 3. The topological polar surface area (TPSA) is 85.0 Å². The Morgan fingerprint density at radius 2 is 1.40 bits per heavy atom. The van der Waals surface area contributed by atoms with Crippen LogP contribution in [0.3, 0.4) is 0 Å². The number of carbonyl (C=O) groups excluding carboxylic acids is 3. The molecule has 0 radical (unpaired) electrons. The van der Waals surface area contributed by atoms with Gasteiger partial charge in [0.05, 0.1) is 5.56 Å². The van der Waals surface area contributed by atoms with Crippen LogP contribution >= 0.6 is 0 Å². The van der Waals surface area contributed by atoms with Gasteiger partial charge in [-0.1, -0.05) is 60.7 Å². The molecule has 0 aliphatic carbocycles. The number of amides is 4. The number of hydrogen-bond acceptors (Lipinski definition) is 4. The molecule has 0 saturated carbocycles. The van der Waals surface area contributed by atoms with Gasteiger partial charge in [-0.25, -0.2) is 4.79 Å². The molecule has 0 atom stereocenters. The van der Waals surface area contributed by atoms with Crippen molar-refractivity contribution in [2.45, 2.75) is 13.5 Å². The van der Waals surface area contributed by atoms with Gasteiger partial charge in [-0.2, -0.15) is 0 Å². The van der Waals surface area contributed by atoms with Crippen molar-refractivity contribution in [2.24, 2.45) is 0 Å². The molecule has 8 heteroatoms. The number of carbonyl (C=O) groups is 3. The minimum Gasteiger partial charge on any atom is -0.367 e. The number of nitrogens with one attached hydrogen (secondary N) is 2. The summed E-state index contributed by atoms with van der Waals surface area (Å²) in [5, 5.41) is 5.91. The summed E-state index contributed by atoms with van der Waals surface area (Å²) >= 11 is 0. The molecule has 1 aliphatic rings. The van der Waals surface area contributed by atoms with E-state index in [1.807, 2.05) is 91.9 Å². The monoisotopic (exact) mass is 561 g/mol. The third-order valence-corrected chi connectivity index (χ3v) is 7.31. The normalized spacial score (nSPS) is 12.9. The van der Waals surface area contributed by atoms with E-state index in [2.05, 4.69) is 15.5 Å². The Bertz CT molecular complexity index is 1550. The molecule has 214 valence electrons. The van der Waals surface area contributed by atoms with E-state index in [0.29, 0.717) is 49.5 Å². The quantitative estimate of drug-likeness (QED) is 0.295. The zero-order valence-corrected chi connectivity index (χ0v) is 23.9. The third-order valence-electron chi connectivity index (χ3n) is 7.31. The first-order valence-corrected chi connectivity index (χ1v) is 14.0. The molecule has 4 aromatic rings. The van der Waals surface area contributed by atoms with Gasteiger partial charge in [-0.15, -0.1) is 0 Å². The number of rotatable bonds is 7. The van der Waals surface area contributed by atoms with Crippen molar-refractivity contribution in [3.63, 3.8) is 0 Å². The van der Waals surface area contributed by atoms with Gasteiger partial charge >= 0.3 is 6.03 Å². The second-order valence-electron chi connectivity index (χ2n) is 10.5. The third kappa shape index (κ3) is 6.96. The molecule has 1 fully saturated rings. The van der Waals surface area contributed by atoms with Gasteiger partial charge in [0.15, 0.2) is 0 Å². The van der Waals surface area contributed by atoms with Crippen LogP contribution in [-0.4, -0.2) is 60.9 Å². The lowest BCUT2D eigenvalue weighted by molar-refractivity contribution is 0.0785. The van der Waals surface area contributed by atoms with Crippen molar-refractivity contribution in [3.8, 4) is 0 Å². The van der Waals surface area contributed by atoms with Gasteiger partial charge in [0, 0.05) is 62.4 Å². The van der Waals surface area contributed by atoms with Gasteiger partial charge in [0.2, 0.25) is 0 Å². The lowest BCUT2D eigenvalue weighted by Crippen LogP contribution is -2.50. The van der Waals surface area contributed by atoms with Crippen LogP contribution in [-0.2, 0) is 6.54 Å². The first-order chi connectivity index (χ1) is 20.4. The molecule has 1 heterocycles. The fourth-order valence-corrected chi connectivity index (χ4v) is 5.06. The SMILES string of the molecule is Cc1cccc(NC(=O)N2CCN(c3ccc(NC(=O)c4ccccc4)cc3C(=O)N(C)Cc3ccccc3)CC2)c1. The van der Waals surface area contributed by atoms with Gasteiger partial charge in [-0.05, 0) is 60.5 Å². The molecular formula is C34H35N5O3. The number of benzene rings is 4. The Morgan fingerprint density at radius 1 is 0.738 bits per heavy atom. The molecular weight excluding hydrogens is 526 g/mol. The lowest BCUT2D eigenvalue weighted by Gasteiger charge is -2.37. The van der Waals surface area contributed by atoms with Crippen LogP contribution in [0, 0.1) is 6.92 Å². The molecule has 0 spiro atoms. The molecule has 42 heavy (non-hydrogen) atoms. The van der Waals surface area contributed by atoms with Gasteiger partial charge in [0.25, 0.3) is 11.8 Å². The maximum absolute atomic E-state index is 13.8. The number of piperazine rings is 1. The van der Waals surface area contributed by atoms with Crippen molar-refractivity contribution >= 4 is 34.9 Å². The molecule has 0 unspecified atom stereocenters. The van der Waals surface area contributed by atoms with Crippen molar-refractivity contribution in [3.05, 3.63) is 125 Å². The largest absolute Gasteiger partial charge is 0.367 e. The summed E-state index contributed by atoms with van der Waals surface area (Å²) in [7, 11) is 1.78. The first-order valence-electron chi connectivity index (χ1n) is 14.0. The van der Waals surface area contributed by atoms with Gasteiger partial charge < -0.3 is 25.3 Å². The van der Waals surface area contributed by atoms with Crippen molar-refractivity contribution in [1.29, 1.82) is 0 Å². The number of nitrogens with zero attached hydrogens (tertiary/aromatic N) is 3. The van der Waals surface area contributed by atoms with E-state index >= 15 is 0 Å². The average molecular weight is 562 g/mol. The Kier molecular flexibility index (Phi) is 8.82. The van der Waals surface area contributed by atoms with Gasteiger partial charge in [-0.3, -0.25) is 9.59 Å². The molecule has 8 nitrogen and oxygen atoms in total. The standard InChI is InChI=1S/C34H35N5O3/c1-25-10-9-15-28(22-25)36-34(42)39-20-18-38(19-21-39)31-17-16-29(35-32(40)27-13-7-4-8-14-27)23-30(31)33(41)37(2)24-26-11-5-3-6-12-26/h3-17,22-23H,18-21,24H2,1-2H3,(H,35,40)(H,36,42). The summed E-state index contributed by atoms with van der Waals surface area (Å²) in [5.74, 6) is -0.392. The minimum absolute atomic E-state index is 0.141. The van der Waals surface area contributed by atoms with E-state index in [1.54, 1.807) is 35.0 Å². The summed E-state index contributed by atoms with van der Waals surface area (Å²) in [5.41, 5.74) is 5.22. The highest BCUT2D eigenvalue weighted by Crippen LogP contribution is 2.28. The van der Waals surface area contributed by atoms with Crippen molar-refractivity contribution in [2.75, 3.05) is 48.8 Å². The minimum atomic E-state index is -0.243. The smallest absolute Gasteiger partial charge is 0.321 e. The van der Waals surface area contributed by atoms with E-state index in [4.69, 9.17) is 0 Å². The zero-order chi connectivity index (χ0) is 29.5. The highest BCUT2D eigenvalue weighted by atomic mass is 16.2. The average Bonchev–Trinajstić information content (AvgIpc) is 3.01. The van der Waals surface area contributed by atoms with Crippen LogP contribution in [0.25, 0.3) is 0 Å². The molecule has 1 aliphatic heterocycles. The molecule has 1 saturated heterocycles. The van der Waals surface area contributed by atoms with Crippen LogP contribution < -0.4 is 15.5 Å². The van der Waals surface area contributed by atoms with E-state index in [-0.39, 0.29) is 17.8 Å². The molecule has 0 aromatic heterocycles. The van der Waals surface area contributed by atoms with Gasteiger partial charge in [0.1, 0.15) is 0 Å². The second-order valence-corrected chi connectivity index (χ2v) is 10.5. The van der Waals surface area contributed by atoms with Crippen LogP contribution in [0.5, 0.6) is 0 Å². The van der Waals surface area contributed by atoms with Crippen LogP contribution in [0.15, 0.2) is 103 Å². The van der Waals surface area contributed by atoms with E-state index in [1.165, 1.54) is 0 Å². The maximum Gasteiger partial charge on any atom is 0.321 e. The summed E-state index contributed by atoms with van der Waals surface area (Å²) in [4.78, 5) is 45.2. The van der Waals surface area contributed by atoms with E-state index < -0.39 is 0 Å². The zero-order valence-electron chi connectivity index (χ0n) is 23.9. The van der Waals surface area contributed by atoms with Crippen LogP contribution in [0.1, 0.15) is 31.8 Å². The second kappa shape index (κ2) is 13.0. The van der Waals surface area contributed by atoms with E-state index in [9.17, 15) is 14.4 Å². The summed E-state index contributed by atoms with van der Waals surface area (Å²) in [6, 6.07) is 31.8. The fourth-order valence-electron chi connectivity index (χ4n) is 5.06. The maximum atomic E-state index is 13.8. The summed E-state index contributed by atoms with van der Waals surface area (Å²) in [6.45, 7) is 4.60. The van der Waals surface area contributed by atoms with Crippen molar-refractivity contribution in [1.82, 2.24) is 9.80 Å². The van der Waals surface area contributed by atoms with Crippen molar-refractivity contribution < 1.29 is 14.4 Å². The summed E-state index contributed by atoms with van der Waals surface area (Å²) < 4.78 is 0. The van der Waals surface area contributed by atoms with Crippen LogP contribution in [0.2, 0.25) is 0 Å². The van der Waals surface area contributed by atoms with Crippen LogP contribution in [0.4, 0.5) is 21.9 Å². The Labute approximate surface area is 246 Å². The fraction of sp³-hybridized carbons (Fsp3) is 0.206. The molecule has 2 N–H and O–H groups in total. The summed E-state index contributed by atoms with van der Waals surface area (Å²) in [6.07, 6.45) is 0. The predicted molar refractivity (Wildman–Crippen MR) is 167 cm³/mol. The Hall–Kier alpha value is -5.11. The lowest BCUT2D eigenvalue weighted by atomic mass is 10.1.